The van der Waals surface area contributed by atoms with E-state index in [0.29, 0.717) is 19.5 Å². The first kappa shape index (κ1) is 13.6. The summed E-state index contributed by atoms with van der Waals surface area (Å²) < 4.78 is 0. The van der Waals surface area contributed by atoms with Crippen molar-refractivity contribution in [2.45, 2.75) is 27.2 Å². The molecule has 1 N–H and O–H groups in total. The van der Waals surface area contributed by atoms with Gasteiger partial charge in [0.05, 0.1) is 5.92 Å². The van der Waals surface area contributed by atoms with Crippen molar-refractivity contribution in [2.75, 3.05) is 18.4 Å². The van der Waals surface area contributed by atoms with Crippen molar-refractivity contribution < 1.29 is 9.59 Å². The zero-order chi connectivity index (χ0) is 14.0. The third-order valence-corrected chi connectivity index (χ3v) is 3.61. The van der Waals surface area contributed by atoms with Gasteiger partial charge in [0, 0.05) is 25.2 Å². The molecule has 0 saturated carbocycles. The van der Waals surface area contributed by atoms with Gasteiger partial charge in [-0.1, -0.05) is 17.7 Å². The number of benzene rings is 1. The van der Waals surface area contributed by atoms with E-state index in [1.165, 1.54) is 5.56 Å². The predicted octanol–water partition coefficient (Wildman–Crippen LogP) is 2.11. The number of nitrogens with zero attached hydrogens (tertiary/aromatic N) is 1. The van der Waals surface area contributed by atoms with Crippen LogP contribution in [0, 0.1) is 19.8 Å². The van der Waals surface area contributed by atoms with Gasteiger partial charge < -0.3 is 10.2 Å². The van der Waals surface area contributed by atoms with Crippen LogP contribution in [-0.4, -0.2) is 29.8 Å². The van der Waals surface area contributed by atoms with Crippen LogP contribution in [0.1, 0.15) is 24.5 Å². The van der Waals surface area contributed by atoms with Crippen LogP contribution in [0.4, 0.5) is 5.69 Å². The average Bonchev–Trinajstić information content (AvgIpc) is 2.74. The monoisotopic (exact) mass is 260 g/mol. The largest absolute Gasteiger partial charge is 0.342 e. The summed E-state index contributed by atoms with van der Waals surface area (Å²) in [5, 5.41) is 2.93. The number of hydrogen-bond donors (Lipinski definition) is 1. The summed E-state index contributed by atoms with van der Waals surface area (Å²) in [5.41, 5.74) is 3.05. The Labute approximate surface area is 113 Å². The van der Waals surface area contributed by atoms with Crippen molar-refractivity contribution in [3.05, 3.63) is 29.3 Å². The summed E-state index contributed by atoms with van der Waals surface area (Å²) in [4.78, 5) is 25.5. The number of amides is 2. The number of likely N-dealkylation sites (tertiary alicyclic amines) is 1. The molecule has 19 heavy (non-hydrogen) atoms. The van der Waals surface area contributed by atoms with E-state index in [0.717, 1.165) is 11.3 Å². The van der Waals surface area contributed by atoms with Crippen molar-refractivity contribution in [2.24, 2.45) is 5.92 Å². The van der Waals surface area contributed by atoms with Crippen LogP contribution in [-0.2, 0) is 9.59 Å². The second-order valence-electron chi connectivity index (χ2n) is 5.14. The first-order valence-corrected chi connectivity index (χ1v) is 6.67. The number of hydrogen-bond acceptors (Lipinski definition) is 2. The standard InChI is InChI=1S/C15H20N2O2/c1-4-17-9-12(8-14(17)18)15(19)16-13-6-5-10(2)7-11(13)3/h5-7,12H,4,8-9H2,1-3H3,(H,16,19). The maximum atomic E-state index is 12.2. The first-order valence-electron chi connectivity index (χ1n) is 6.67. The normalized spacial score (nSPS) is 18.8. The SMILES string of the molecule is CCN1CC(C(=O)Nc2ccc(C)cc2C)CC1=O. The highest BCUT2D eigenvalue weighted by Gasteiger charge is 2.33. The second-order valence-corrected chi connectivity index (χ2v) is 5.14. The molecule has 2 rings (SSSR count). The molecule has 1 saturated heterocycles. The molecule has 1 aliphatic heterocycles. The zero-order valence-electron chi connectivity index (χ0n) is 11.7. The maximum absolute atomic E-state index is 12.2. The molecule has 102 valence electrons. The van der Waals surface area contributed by atoms with E-state index in [1.54, 1.807) is 4.90 Å². The summed E-state index contributed by atoms with van der Waals surface area (Å²) in [6.45, 7) is 7.13. The molecule has 1 aromatic carbocycles. The lowest BCUT2D eigenvalue weighted by atomic mass is 10.1. The molecule has 1 unspecified atom stereocenters. The topological polar surface area (TPSA) is 49.4 Å². The van der Waals surface area contributed by atoms with Gasteiger partial charge in [0.2, 0.25) is 11.8 Å². The van der Waals surface area contributed by atoms with Crippen molar-refractivity contribution in [3.63, 3.8) is 0 Å². The fourth-order valence-corrected chi connectivity index (χ4v) is 2.44. The lowest BCUT2D eigenvalue weighted by Crippen LogP contribution is -2.28. The third-order valence-electron chi connectivity index (χ3n) is 3.61. The molecule has 1 heterocycles. The predicted molar refractivity (Wildman–Crippen MR) is 74.9 cm³/mol. The van der Waals surface area contributed by atoms with Crippen LogP contribution in [0.15, 0.2) is 18.2 Å². The minimum Gasteiger partial charge on any atom is -0.342 e. The van der Waals surface area contributed by atoms with Crippen LogP contribution in [0.2, 0.25) is 0 Å². The summed E-state index contributed by atoms with van der Waals surface area (Å²) in [5.74, 6) is -0.215. The Kier molecular flexibility index (Phi) is 3.88. The van der Waals surface area contributed by atoms with Gasteiger partial charge in [0.25, 0.3) is 0 Å². The number of rotatable bonds is 3. The number of nitrogens with one attached hydrogen (secondary N) is 1. The fourth-order valence-electron chi connectivity index (χ4n) is 2.44. The van der Waals surface area contributed by atoms with Crippen LogP contribution in [0.5, 0.6) is 0 Å². The highest BCUT2D eigenvalue weighted by atomic mass is 16.2. The Balaban J connectivity index is 2.04. The van der Waals surface area contributed by atoms with E-state index in [9.17, 15) is 9.59 Å². The van der Waals surface area contributed by atoms with E-state index in [4.69, 9.17) is 0 Å². The van der Waals surface area contributed by atoms with Crippen LogP contribution in [0.25, 0.3) is 0 Å². The lowest BCUT2D eigenvalue weighted by Gasteiger charge is -2.14. The summed E-state index contributed by atoms with van der Waals surface area (Å²) in [6.07, 6.45) is 0.324. The lowest BCUT2D eigenvalue weighted by molar-refractivity contribution is -0.128. The molecule has 1 aliphatic rings. The number of aryl methyl sites for hydroxylation is 2. The van der Waals surface area contributed by atoms with Gasteiger partial charge in [-0.3, -0.25) is 9.59 Å². The number of anilines is 1. The van der Waals surface area contributed by atoms with Crippen LogP contribution in [0.3, 0.4) is 0 Å². The van der Waals surface area contributed by atoms with E-state index in [2.05, 4.69) is 5.32 Å². The highest BCUT2D eigenvalue weighted by molar-refractivity contribution is 5.97. The quantitative estimate of drug-likeness (QED) is 0.905. The molecule has 0 aromatic heterocycles. The molecule has 4 heteroatoms. The summed E-state index contributed by atoms with van der Waals surface area (Å²) in [6, 6.07) is 5.92. The van der Waals surface area contributed by atoms with E-state index < -0.39 is 0 Å². The first-order chi connectivity index (χ1) is 9.01. The van der Waals surface area contributed by atoms with Crippen molar-refractivity contribution in [3.8, 4) is 0 Å². The van der Waals surface area contributed by atoms with Gasteiger partial charge in [0.15, 0.2) is 0 Å². The molecule has 2 amide bonds. The van der Waals surface area contributed by atoms with Gasteiger partial charge in [-0.05, 0) is 32.4 Å². The number of carbonyl (C=O) groups is 2. The van der Waals surface area contributed by atoms with Gasteiger partial charge in [-0.25, -0.2) is 0 Å². The van der Waals surface area contributed by atoms with E-state index in [1.807, 2.05) is 39.0 Å². The summed E-state index contributed by atoms with van der Waals surface area (Å²) >= 11 is 0. The summed E-state index contributed by atoms with van der Waals surface area (Å²) in [7, 11) is 0. The van der Waals surface area contributed by atoms with Gasteiger partial charge >= 0.3 is 0 Å². The molecule has 1 atom stereocenters. The molecule has 0 radical (unpaired) electrons. The van der Waals surface area contributed by atoms with Crippen LogP contribution >= 0.6 is 0 Å². The Morgan fingerprint density at radius 3 is 2.74 bits per heavy atom. The highest BCUT2D eigenvalue weighted by Crippen LogP contribution is 2.21. The molecule has 0 bridgehead atoms. The molecular formula is C15H20N2O2. The van der Waals surface area contributed by atoms with Gasteiger partial charge in [0.1, 0.15) is 0 Å². The van der Waals surface area contributed by atoms with Crippen LogP contribution < -0.4 is 5.32 Å². The second kappa shape index (κ2) is 5.43. The third kappa shape index (κ3) is 2.95. The minimum atomic E-state index is -0.229. The van der Waals surface area contributed by atoms with Crippen molar-refractivity contribution in [1.82, 2.24) is 4.90 Å². The fraction of sp³-hybridized carbons (Fsp3) is 0.467. The Morgan fingerprint density at radius 2 is 2.16 bits per heavy atom. The zero-order valence-corrected chi connectivity index (χ0v) is 11.7. The van der Waals surface area contributed by atoms with Gasteiger partial charge in [-0.2, -0.15) is 0 Å². The number of carbonyl (C=O) groups excluding carboxylic acids is 2. The van der Waals surface area contributed by atoms with E-state index >= 15 is 0 Å². The average molecular weight is 260 g/mol. The van der Waals surface area contributed by atoms with Crippen molar-refractivity contribution >= 4 is 17.5 Å². The molecule has 1 aromatic rings. The smallest absolute Gasteiger partial charge is 0.229 e. The molecule has 1 fully saturated rings. The molecular weight excluding hydrogens is 240 g/mol. The van der Waals surface area contributed by atoms with Gasteiger partial charge in [-0.15, -0.1) is 0 Å². The minimum absolute atomic E-state index is 0.0590. The molecule has 0 aliphatic carbocycles. The Morgan fingerprint density at radius 1 is 1.42 bits per heavy atom. The molecule has 0 spiro atoms. The Bertz CT molecular complexity index is 511. The maximum Gasteiger partial charge on any atom is 0.229 e. The van der Waals surface area contributed by atoms with E-state index in [-0.39, 0.29) is 17.7 Å². The molecule has 4 nitrogen and oxygen atoms in total. The Hall–Kier alpha value is -1.84. The van der Waals surface area contributed by atoms with Crippen molar-refractivity contribution in [1.29, 1.82) is 0 Å².